The third-order valence-corrected chi connectivity index (χ3v) is 3.61. The standard InChI is InChI=1S/C13H16N4O2/c14-8-10-3-5-16(6-4-10)12-2-1-11(9-15)13(7-12)17(18)19/h1-2,7,10H,3-6,8,14H2. The molecule has 0 radical (unpaired) electrons. The van der Waals surface area contributed by atoms with Crippen molar-refractivity contribution in [2.24, 2.45) is 11.7 Å². The SMILES string of the molecule is N#Cc1ccc(N2CCC(CN)CC2)cc1[N+](=O)[O-]. The van der Waals surface area contributed by atoms with Crippen LogP contribution in [0.3, 0.4) is 0 Å². The zero-order valence-corrected chi connectivity index (χ0v) is 10.6. The third kappa shape index (κ3) is 2.83. The zero-order chi connectivity index (χ0) is 13.8. The summed E-state index contributed by atoms with van der Waals surface area (Å²) in [5.41, 5.74) is 6.43. The Labute approximate surface area is 111 Å². The first-order valence-electron chi connectivity index (χ1n) is 6.29. The lowest BCUT2D eigenvalue weighted by Gasteiger charge is -2.33. The molecule has 1 heterocycles. The van der Waals surface area contributed by atoms with Crippen LogP contribution >= 0.6 is 0 Å². The number of nitro benzene ring substituents is 1. The van der Waals surface area contributed by atoms with Crippen molar-refractivity contribution in [1.82, 2.24) is 0 Å². The van der Waals surface area contributed by atoms with Crippen molar-refractivity contribution in [2.75, 3.05) is 24.5 Å². The minimum Gasteiger partial charge on any atom is -0.371 e. The number of hydrogen-bond acceptors (Lipinski definition) is 5. The van der Waals surface area contributed by atoms with Crippen molar-refractivity contribution in [3.8, 4) is 6.07 Å². The molecule has 6 nitrogen and oxygen atoms in total. The number of piperidine rings is 1. The van der Waals surface area contributed by atoms with E-state index in [-0.39, 0.29) is 11.3 Å². The predicted octanol–water partition coefficient (Wildman–Crippen LogP) is 1.64. The van der Waals surface area contributed by atoms with E-state index in [4.69, 9.17) is 11.0 Å². The van der Waals surface area contributed by atoms with Crippen molar-refractivity contribution >= 4 is 11.4 Å². The summed E-state index contributed by atoms with van der Waals surface area (Å²) in [7, 11) is 0. The zero-order valence-electron chi connectivity index (χ0n) is 10.6. The Hall–Kier alpha value is -2.13. The van der Waals surface area contributed by atoms with Gasteiger partial charge in [0, 0.05) is 24.8 Å². The first kappa shape index (κ1) is 13.3. The van der Waals surface area contributed by atoms with Gasteiger partial charge in [-0.3, -0.25) is 10.1 Å². The maximum Gasteiger partial charge on any atom is 0.289 e. The molecule has 1 fully saturated rings. The molecule has 0 unspecified atom stereocenters. The first-order chi connectivity index (χ1) is 9.15. The summed E-state index contributed by atoms with van der Waals surface area (Å²) < 4.78 is 0. The Bertz CT molecular complexity index is 516. The van der Waals surface area contributed by atoms with E-state index in [0.717, 1.165) is 31.6 Å². The van der Waals surface area contributed by atoms with Crippen LogP contribution < -0.4 is 10.6 Å². The van der Waals surface area contributed by atoms with Gasteiger partial charge in [0.25, 0.3) is 5.69 Å². The summed E-state index contributed by atoms with van der Waals surface area (Å²) in [5.74, 6) is 0.546. The second-order valence-electron chi connectivity index (χ2n) is 4.74. The van der Waals surface area contributed by atoms with E-state index in [1.54, 1.807) is 6.07 Å². The molecule has 2 N–H and O–H groups in total. The Morgan fingerprint density at radius 3 is 2.68 bits per heavy atom. The van der Waals surface area contributed by atoms with E-state index >= 15 is 0 Å². The molecular weight excluding hydrogens is 244 g/mol. The molecule has 1 aliphatic rings. The molecule has 2 rings (SSSR count). The average Bonchev–Trinajstić information content (AvgIpc) is 2.46. The number of nitrogens with zero attached hydrogens (tertiary/aromatic N) is 3. The van der Waals surface area contributed by atoms with Crippen LogP contribution in [0.2, 0.25) is 0 Å². The van der Waals surface area contributed by atoms with Crippen molar-refractivity contribution in [1.29, 1.82) is 5.26 Å². The summed E-state index contributed by atoms with van der Waals surface area (Å²) in [6, 6.07) is 6.62. The molecule has 0 amide bonds. The van der Waals surface area contributed by atoms with Crippen LogP contribution in [-0.2, 0) is 0 Å². The van der Waals surface area contributed by atoms with E-state index < -0.39 is 4.92 Å². The van der Waals surface area contributed by atoms with E-state index in [9.17, 15) is 10.1 Å². The molecule has 0 spiro atoms. The molecule has 1 aliphatic heterocycles. The van der Waals surface area contributed by atoms with Gasteiger partial charge in [0.2, 0.25) is 0 Å². The number of nitrogens with two attached hydrogens (primary N) is 1. The van der Waals surface area contributed by atoms with Gasteiger partial charge in [0.05, 0.1) is 4.92 Å². The fraction of sp³-hybridized carbons (Fsp3) is 0.462. The van der Waals surface area contributed by atoms with Crippen molar-refractivity contribution < 1.29 is 4.92 Å². The molecular formula is C13H16N4O2. The maximum atomic E-state index is 10.9. The van der Waals surface area contributed by atoms with Crippen LogP contribution in [0.15, 0.2) is 18.2 Å². The Morgan fingerprint density at radius 1 is 1.47 bits per heavy atom. The minimum atomic E-state index is -0.505. The molecule has 6 heteroatoms. The smallest absolute Gasteiger partial charge is 0.289 e. The molecule has 0 atom stereocenters. The molecule has 0 saturated carbocycles. The summed E-state index contributed by atoms with van der Waals surface area (Å²) in [5, 5.41) is 19.8. The lowest BCUT2D eigenvalue weighted by molar-refractivity contribution is -0.385. The third-order valence-electron chi connectivity index (χ3n) is 3.61. The number of nitriles is 1. The molecule has 1 aromatic carbocycles. The van der Waals surface area contributed by atoms with Gasteiger partial charge < -0.3 is 10.6 Å². The fourth-order valence-corrected chi connectivity index (χ4v) is 2.39. The van der Waals surface area contributed by atoms with Crippen LogP contribution in [0.25, 0.3) is 0 Å². The maximum absolute atomic E-state index is 10.9. The highest BCUT2D eigenvalue weighted by Gasteiger charge is 2.21. The monoisotopic (exact) mass is 260 g/mol. The van der Waals surface area contributed by atoms with Gasteiger partial charge >= 0.3 is 0 Å². The molecule has 0 bridgehead atoms. The topological polar surface area (TPSA) is 96.2 Å². The van der Waals surface area contributed by atoms with Gasteiger partial charge in [-0.15, -0.1) is 0 Å². The van der Waals surface area contributed by atoms with Crippen LogP contribution in [0.1, 0.15) is 18.4 Å². The van der Waals surface area contributed by atoms with E-state index in [1.165, 1.54) is 12.1 Å². The van der Waals surface area contributed by atoms with Gasteiger partial charge in [-0.25, -0.2) is 0 Å². The van der Waals surface area contributed by atoms with Crippen molar-refractivity contribution in [3.63, 3.8) is 0 Å². The fourth-order valence-electron chi connectivity index (χ4n) is 2.39. The molecule has 0 aromatic heterocycles. The number of benzene rings is 1. The van der Waals surface area contributed by atoms with Gasteiger partial charge in [-0.05, 0) is 37.4 Å². The molecule has 100 valence electrons. The lowest BCUT2D eigenvalue weighted by atomic mass is 9.96. The van der Waals surface area contributed by atoms with Gasteiger partial charge in [-0.2, -0.15) is 5.26 Å². The van der Waals surface area contributed by atoms with E-state index in [2.05, 4.69) is 4.90 Å². The van der Waals surface area contributed by atoms with E-state index in [1.807, 2.05) is 6.07 Å². The number of hydrogen-bond donors (Lipinski definition) is 1. The highest BCUT2D eigenvalue weighted by atomic mass is 16.6. The average molecular weight is 260 g/mol. The van der Waals surface area contributed by atoms with Crippen LogP contribution in [0.4, 0.5) is 11.4 Å². The highest BCUT2D eigenvalue weighted by Crippen LogP contribution is 2.28. The summed E-state index contributed by atoms with van der Waals surface area (Å²) in [4.78, 5) is 12.5. The predicted molar refractivity (Wildman–Crippen MR) is 71.8 cm³/mol. The Balaban J connectivity index is 2.20. The summed E-state index contributed by atoms with van der Waals surface area (Å²) in [6.45, 7) is 2.40. The van der Waals surface area contributed by atoms with E-state index in [0.29, 0.717) is 12.5 Å². The number of nitro groups is 1. The highest BCUT2D eigenvalue weighted by molar-refractivity contribution is 5.60. The number of rotatable bonds is 3. The van der Waals surface area contributed by atoms with Gasteiger partial charge in [0.1, 0.15) is 11.6 Å². The van der Waals surface area contributed by atoms with Crippen LogP contribution in [0.5, 0.6) is 0 Å². The molecule has 1 aromatic rings. The Morgan fingerprint density at radius 2 is 2.16 bits per heavy atom. The Kier molecular flexibility index (Phi) is 3.97. The van der Waals surface area contributed by atoms with Crippen molar-refractivity contribution in [2.45, 2.75) is 12.8 Å². The van der Waals surface area contributed by atoms with Crippen LogP contribution in [0, 0.1) is 27.4 Å². The van der Waals surface area contributed by atoms with Crippen LogP contribution in [-0.4, -0.2) is 24.6 Å². The minimum absolute atomic E-state index is 0.102. The normalized spacial score (nSPS) is 16.1. The second kappa shape index (κ2) is 5.67. The lowest BCUT2D eigenvalue weighted by Crippen LogP contribution is -2.36. The van der Waals surface area contributed by atoms with Crippen molar-refractivity contribution in [3.05, 3.63) is 33.9 Å². The summed E-state index contributed by atoms with van der Waals surface area (Å²) >= 11 is 0. The van der Waals surface area contributed by atoms with Gasteiger partial charge in [-0.1, -0.05) is 0 Å². The quantitative estimate of drug-likeness (QED) is 0.658. The second-order valence-corrected chi connectivity index (χ2v) is 4.74. The largest absolute Gasteiger partial charge is 0.371 e. The number of anilines is 1. The summed E-state index contributed by atoms with van der Waals surface area (Å²) in [6.07, 6.45) is 2.01. The molecule has 19 heavy (non-hydrogen) atoms. The first-order valence-corrected chi connectivity index (χ1v) is 6.29. The molecule has 1 saturated heterocycles. The van der Waals surface area contributed by atoms with Gasteiger partial charge in [0.15, 0.2) is 0 Å². The molecule has 0 aliphatic carbocycles.